The molecule has 0 heterocycles. The molecule has 17 heavy (non-hydrogen) atoms. The smallest absolute Gasteiger partial charge is 0.139 e. The van der Waals surface area contributed by atoms with Crippen LogP contribution in [0.25, 0.3) is 0 Å². The first-order valence-electron chi connectivity index (χ1n) is 7.27. The normalized spacial score (nSPS) is 38.9. The lowest BCUT2D eigenvalue weighted by Gasteiger charge is -2.31. The second kappa shape index (κ2) is 5.99. The third-order valence-electron chi connectivity index (χ3n) is 4.83. The van der Waals surface area contributed by atoms with Crippen LogP contribution in [0.4, 0.5) is 0 Å². The minimum Gasteiger partial charge on any atom is -0.381 e. The Balaban J connectivity index is 1.80. The van der Waals surface area contributed by atoms with Crippen molar-refractivity contribution < 1.29 is 9.53 Å². The Morgan fingerprint density at radius 3 is 1.82 bits per heavy atom. The van der Waals surface area contributed by atoms with E-state index in [2.05, 4.69) is 6.92 Å². The highest BCUT2D eigenvalue weighted by atomic mass is 16.5. The molecule has 2 fully saturated rings. The summed E-state index contributed by atoms with van der Waals surface area (Å²) in [5, 5.41) is 0. The maximum atomic E-state index is 12.4. The predicted octanol–water partition coefficient (Wildman–Crippen LogP) is 3.59. The molecule has 0 saturated heterocycles. The van der Waals surface area contributed by atoms with Gasteiger partial charge in [0.05, 0.1) is 6.10 Å². The molecule has 2 saturated carbocycles. The van der Waals surface area contributed by atoms with Gasteiger partial charge in [0.1, 0.15) is 5.78 Å². The highest BCUT2D eigenvalue weighted by molar-refractivity contribution is 5.83. The quantitative estimate of drug-likeness (QED) is 0.751. The zero-order valence-electron chi connectivity index (χ0n) is 11.3. The largest absolute Gasteiger partial charge is 0.381 e. The van der Waals surface area contributed by atoms with Crippen LogP contribution in [0.1, 0.15) is 58.3 Å². The van der Waals surface area contributed by atoms with Gasteiger partial charge in [0.25, 0.3) is 0 Å². The molecule has 0 bridgehead atoms. The van der Waals surface area contributed by atoms with Crippen LogP contribution in [0.2, 0.25) is 0 Å². The van der Waals surface area contributed by atoms with Gasteiger partial charge in [-0.3, -0.25) is 4.79 Å². The molecule has 0 aromatic heterocycles. The number of ether oxygens (including phenoxy) is 1. The van der Waals surface area contributed by atoms with Gasteiger partial charge in [0.2, 0.25) is 0 Å². The molecule has 0 aromatic rings. The summed E-state index contributed by atoms with van der Waals surface area (Å²) in [4.78, 5) is 12.4. The summed E-state index contributed by atoms with van der Waals surface area (Å²) in [6.45, 7) is 2.31. The van der Waals surface area contributed by atoms with Crippen molar-refractivity contribution in [2.45, 2.75) is 64.4 Å². The van der Waals surface area contributed by atoms with Gasteiger partial charge in [-0.1, -0.05) is 19.8 Å². The number of hydrogen-bond donors (Lipinski definition) is 0. The molecular weight excluding hydrogens is 212 g/mol. The lowest BCUT2D eigenvalue weighted by Crippen LogP contribution is -2.31. The Hall–Kier alpha value is -0.370. The van der Waals surface area contributed by atoms with E-state index < -0.39 is 0 Å². The van der Waals surface area contributed by atoms with E-state index in [0.29, 0.717) is 23.7 Å². The van der Waals surface area contributed by atoms with E-state index in [-0.39, 0.29) is 0 Å². The van der Waals surface area contributed by atoms with E-state index in [9.17, 15) is 4.79 Å². The molecule has 2 aliphatic rings. The van der Waals surface area contributed by atoms with E-state index in [0.717, 1.165) is 44.4 Å². The van der Waals surface area contributed by atoms with E-state index in [1.165, 1.54) is 12.8 Å². The summed E-state index contributed by atoms with van der Waals surface area (Å²) in [6, 6.07) is 0. The van der Waals surface area contributed by atoms with Gasteiger partial charge in [0.15, 0.2) is 0 Å². The maximum absolute atomic E-state index is 12.4. The summed E-state index contributed by atoms with van der Waals surface area (Å²) >= 11 is 0. The average Bonchev–Trinajstić information content (AvgIpc) is 2.39. The monoisotopic (exact) mass is 238 g/mol. The zero-order chi connectivity index (χ0) is 12.3. The van der Waals surface area contributed by atoms with Crippen LogP contribution >= 0.6 is 0 Å². The van der Waals surface area contributed by atoms with Crippen LogP contribution in [-0.2, 0) is 9.53 Å². The fourth-order valence-corrected chi connectivity index (χ4v) is 3.46. The molecule has 2 aliphatic carbocycles. The van der Waals surface area contributed by atoms with Crippen LogP contribution in [0, 0.1) is 17.8 Å². The van der Waals surface area contributed by atoms with Crippen molar-refractivity contribution in [2.24, 2.45) is 17.8 Å². The predicted molar refractivity (Wildman–Crippen MR) is 68.9 cm³/mol. The zero-order valence-corrected chi connectivity index (χ0v) is 11.3. The highest BCUT2D eigenvalue weighted by Gasteiger charge is 2.32. The summed E-state index contributed by atoms with van der Waals surface area (Å²) in [7, 11) is 1.79. The molecule has 0 unspecified atom stereocenters. The van der Waals surface area contributed by atoms with Gasteiger partial charge in [-0.2, -0.15) is 0 Å². The van der Waals surface area contributed by atoms with E-state index in [1.807, 2.05) is 0 Å². The first-order valence-corrected chi connectivity index (χ1v) is 7.27. The maximum Gasteiger partial charge on any atom is 0.139 e. The van der Waals surface area contributed by atoms with Crippen molar-refractivity contribution in [3.8, 4) is 0 Å². The second-order valence-electron chi connectivity index (χ2n) is 6.07. The molecule has 0 N–H and O–H groups in total. The summed E-state index contributed by atoms with van der Waals surface area (Å²) in [5.41, 5.74) is 0. The first kappa shape index (κ1) is 13.1. The number of rotatable bonds is 3. The Morgan fingerprint density at radius 2 is 1.35 bits per heavy atom. The van der Waals surface area contributed by atoms with Crippen LogP contribution < -0.4 is 0 Å². The van der Waals surface area contributed by atoms with Crippen LogP contribution in [0.3, 0.4) is 0 Å². The SMILES string of the molecule is COC1CCC(C(=O)C2CCC(C)CC2)CC1. The molecule has 2 nitrogen and oxygen atoms in total. The lowest BCUT2D eigenvalue weighted by molar-refractivity contribution is -0.129. The first-order chi connectivity index (χ1) is 8.20. The third kappa shape index (κ3) is 3.31. The number of carbonyl (C=O) groups is 1. The number of carbonyl (C=O) groups excluding carboxylic acids is 1. The van der Waals surface area contributed by atoms with Crippen LogP contribution in [-0.4, -0.2) is 19.0 Å². The van der Waals surface area contributed by atoms with Gasteiger partial charge in [-0.05, 0) is 44.4 Å². The van der Waals surface area contributed by atoms with E-state index >= 15 is 0 Å². The molecule has 0 atom stereocenters. The molecule has 2 heteroatoms. The molecule has 0 aliphatic heterocycles. The standard InChI is InChI=1S/C15H26O2/c1-11-3-5-12(6-4-11)15(16)13-7-9-14(17-2)10-8-13/h11-14H,3-10H2,1-2H3. The minimum atomic E-state index is 0.347. The topological polar surface area (TPSA) is 26.3 Å². The Bertz CT molecular complexity index is 246. The average molecular weight is 238 g/mol. The molecular formula is C15H26O2. The van der Waals surface area contributed by atoms with Gasteiger partial charge >= 0.3 is 0 Å². The highest BCUT2D eigenvalue weighted by Crippen LogP contribution is 2.35. The Morgan fingerprint density at radius 1 is 0.882 bits per heavy atom. The van der Waals surface area contributed by atoms with Gasteiger partial charge in [-0.15, -0.1) is 0 Å². The fourth-order valence-electron chi connectivity index (χ4n) is 3.46. The van der Waals surface area contributed by atoms with Crippen molar-refractivity contribution in [3.63, 3.8) is 0 Å². The summed E-state index contributed by atoms with van der Waals surface area (Å²) in [6.07, 6.45) is 9.48. The van der Waals surface area contributed by atoms with Gasteiger partial charge in [0, 0.05) is 18.9 Å². The van der Waals surface area contributed by atoms with Gasteiger partial charge in [-0.25, -0.2) is 0 Å². The van der Waals surface area contributed by atoms with E-state index in [4.69, 9.17) is 4.74 Å². The number of methoxy groups -OCH3 is 1. The lowest BCUT2D eigenvalue weighted by atomic mass is 9.74. The Labute approximate surface area is 105 Å². The minimum absolute atomic E-state index is 0.347. The van der Waals surface area contributed by atoms with E-state index in [1.54, 1.807) is 7.11 Å². The number of Topliss-reactive ketones (excluding diaryl/α,β-unsaturated/α-hetero) is 1. The van der Waals surface area contributed by atoms with Crippen molar-refractivity contribution in [1.82, 2.24) is 0 Å². The van der Waals surface area contributed by atoms with Crippen LogP contribution in [0.15, 0.2) is 0 Å². The summed E-state index contributed by atoms with van der Waals surface area (Å²) < 4.78 is 5.37. The van der Waals surface area contributed by atoms with Gasteiger partial charge < -0.3 is 4.74 Å². The number of ketones is 1. The van der Waals surface area contributed by atoms with Crippen molar-refractivity contribution >= 4 is 5.78 Å². The second-order valence-corrected chi connectivity index (χ2v) is 6.07. The number of hydrogen-bond acceptors (Lipinski definition) is 2. The fraction of sp³-hybridized carbons (Fsp3) is 0.933. The van der Waals surface area contributed by atoms with Crippen molar-refractivity contribution in [3.05, 3.63) is 0 Å². The molecule has 0 spiro atoms. The van der Waals surface area contributed by atoms with Crippen molar-refractivity contribution in [2.75, 3.05) is 7.11 Å². The molecule has 0 radical (unpaired) electrons. The van der Waals surface area contributed by atoms with Crippen molar-refractivity contribution in [1.29, 1.82) is 0 Å². The molecule has 0 amide bonds. The van der Waals surface area contributed by atoms with Crippen LogP contribution in [0.5, 0.6) is 0 Å². The molecule has 2 rings (SSSR count). The molecule has 0 aromatic carbocycles. The Kier molecular flexibility index (Phi) is 4.61. The summed E-state index contributed by atoms with van der Waals surface area (Å²) in [5.74, 6) is 2.14. The molecule has 98 valence electrons. The third-order valence-corrected chi connectivity index (χ3v) is 4.83.